The first kappa shape index (κ1) is 13.8. The number of hydrogen-bond acceptors (Lipinski definition) is 3. The number of benzene rings is 1. The quantitative estimate of drug-likeness (QED) is 0.837. The molecule has 0 N–H and O–H groups in total. The Hall–Kier alpha value is -1.60. The molecule has 0 radical (unpaired) electrons. The molecule has 0 saturated heterocycles. The molecule has 0 amide bonds. The summed E-state index contributed by atoms with van der Waals surface area (Å²) in [7, 11) is 1.68. The van der Waals surface area contributed by atoms with Crippen LogP contribution in [0.1, 0.15) is 30.5 Å². The summed E-state index contributed by atoms with van der Waals surface area (Å²) in [6.07, 6.45) is 0.790. The number of halogens is 1. The van der Waals surface area contributed by atoms with E-state index in [1.807, 2.05) is 6.07 Å². The molecule has 2 rings (SSSR count). The molecule has 1 heterocycles. The molecule has 0 spiro atoms. The summed E-state index contributed by atoms with van der Waals surface area (Å²) in [5.41, 5.74) is 3.04. The van der Waals surface area contributed by atoms with Gasteiger partial charge in [-0.05, 0) is 38.0 Å². The van der Waals surface area contributed by atoms with Gasteiger partial charge in [-0.2, -0.15) is 5.26 Å². The van der Waals surface area contributed by atoms with Crippen LogP contribution < -0.4 is 4.90 Å². The molecule has 1 aliphatic rings. The Labute approximate surface area is 113 Å². The van der Waals surface area contributed by atoms with Gasteiger partial charge in [-0.3, -0.25) is 0 Å². The fraction of sp³-hybridized carbons (Fsp3) is 0.533. The zero-order valence-electron chi connectivity index (χ0n) is 11.6. The minimum atomic E-state index is -0.578. The molecule has 0 aliphatic carbocycles. The number of rotatable bonds is 4. The Balaban J connectivity index is 2.45. The summed E-state index contributed by atoms with van der Waals surface area (Å²) in [5, 5.41) is 9.06. The van der Waals surface area contributed by atoms with Crippen LogP contribution in [0.25, 0.3) is 0 Å². The SMILES string of the molecule is COC[C@@H](C)N1c2ccc(C#N)c(CF)c2CC1C. The van der Waals surface area contributed by atoms with E-state index in [9.17, 15) is 4.39 Å². The fourth-order valence-electron chi connectivity index (χ4n) is 3.03. The topological polar surface area (TPSA) is 36.3 Å². The predicted molar refractivity (Wildman–Crippen MR) is 73.0 cm³/mol. The van der Waals surface area contributed by atoms with E-state index in [1.165, 1.54) is 0 Å². The molecular formula is C15H19FN2O. The summed E-state index contributed by atoms with van der Waals surface area (Å²) < 4.78 is 18.4. The van der Waals surface area contributed by atoms with Crippen LogP contribution in [0.15, 0.2) is 12.1 Å². The van der Waals surface area contributed by atoms with Crippen LogP contribution >= 0.6 is 0 Å². The van der Waals surface area contributed by atoms with E-state index in [-0.39, 0.29) is 6.04 Å². The van der Waals surface area contributed by atoms with Gasteiger partial charge in [0, 0.05) is 30.4 Å². The van der Waals surface area contributed by atoms with Crippen molar-refractivity contribution in [3.63, 3.8) is 0 Å². The maximum atomic E-state index is 13.2. The first-order valence-electron chi connectivity index (χ1n) is 6.52. The van der Waals surface area contributed by atoms with E-state index < -0.39 is 6.67 Å². The van der Waals surface area contributed by atoms with Gasteiger partial charge in [0.25, 0.3) is 0 Å². The Morgan fingerprint density at radius 1 is 1.58 bits per heavy atom. The lowest BCUT2D eigenvalue weighted by atomic mass is 9.99. The van der Waals surface area contributed by atoms with Crippen molar-refractivity contribution < 1.29 is 9.13 Å². The minimum Gasteiger partial charge on any atom is -0.383 e. The number of hydrogen-bond donors (Lipinski definition) is 0. The average Bonchev–Trinajstić information content (AvgIpc) is 2.73. The molecule has 1 aromatic rings. The predicted octanol–water partition coefficient (Wildman–Crippen LogP) is 2.81. The zero-order chi connectivity index (χ0) is 14.0. The highest BCUT2D eigenvalue weighted by molar-refractivity contribution is 5.66. The number of alkyl halides is 1. The highest BCUT2D eigenvalue weighted by Gasteiger charge is 2.32. The number of fused-ring (bicyclic) bond motifs is 1. The van der Waals surface area contributed by atoms with Crippen molar-refractivity contribution >= 4 is 5.69 Å². The molecule has 1 aliphatic heterocycles. The maximum Gasteiger partial charge on any atom is 0.116 e. The lowest BCUT2D eigenvalue weighted by molar-refractivity contribution is 0.180. The minimum absolute atomic E-state index is 0.238. The summed E-state index contributed by atoms with van der Waals surface area (Å²) >= 11 is 0. The van der Waals surface area contributed by atoms with Gasteiger partial charge in [-0.15, -0.1) is 0 Å². The van der Waals surface area contributed by atoms with Crippen molar-refractivity contribution in [2.24, 2.45) is 0 Å². The second-order valence-electron chi connectivity index (χ2n) is 5.10. The van der Waals surface area contributed by atoms with Gasteiger partial charge in [-0.25, -0.2) is 4.39 Å². The molecule has 0 aromatic heterocycles. The van der Waals surface area contributed by atoms with Crippen molar-refractivity contribution in [3.8, 4) is 6.07 Å². The maximum absolute atomic E-state index is 13.2. The average molecular weight is 262 g/mol. The van der Waals surface area contributed by atoms with Crippen LogP contribution in [0.4, 0.5) is 10.1 Å². The van der Waals surface area contributed by atoms with Crippen molar-refractivity contribution in [1.29, 1.82) is 5.26 Å². The highest BCUT2D eigenvalue weighted by atomic mass is 19.1. The fourth-order valence-corrected chi connectivity index (χ4v) is 3.03. The van der Waals surface area contributed by atoms with E-state index in [0.717, 1.165) is 17.7 Å². The Bertz CT molecular complexity index is 510. The summed E-state index contributed by atoms with van der Waals surface area (Å²) in [6, 6.07) is 6.27. The van der Waals surface area contributed by atoms with Gasteiger partial charge in [-0.1, -0.05) is 0 Å². The van der Waals surface area contributed by atoms with Crippen LogP contribution in [-0.2, 0) is 17.8 Å². The van der Waals surface area contributed by atoms with Crippen LogP contribution in [0.3, 0.4) is 0 Å². The Kier molecular flexibility index (Phi) is 4.06. The lowest BCUT2D eigenvalue weighted by Gasteiger charge is -2.31. The molecule has 102 valence electrons. The molecule has 0 fully saturated rings. The molecule has 4 heteroatoms. The zero-order valence-corrected chi connectivity index (χ0v) is 11.6. The third-order valence-electron chi connectivity index (χ3n) is 3.80. The Morgan fingerprint density at radius 2 is 2.32 bits per heavy atom. The molecule has 1 unspecified atom stereocenters. The number of ether oxygens (including phenoxy) is 1. The third kappa shape index (κ3) is 2.31. The largest absolute Gasteiger partial charge is 0.383 e. The lowest BCUT2D eigenvalue weighted by Crippen LogP contribution is -2.40. The molecule has 0 bridgehead atoms. The van der Waals surface area contributed by atoms with Gasteiger partial charge in [0.1, 0.15) is 6.67 Å². The van der Waals surface area contributed by atoms with E-state index in [2.05, 4.69) is 24.8 Å². The van der Waals surface area contributed by atoms with Crippen molar-refractivity contribution in [2.75, 3.05) is 18.6 Å². The molecule has 19 heavy (non-hydrogen) atoms. The molecular weight excluding hydrogens is 243 g/mol. The second kappa shape index (κ2) is 5.58. The molecule has 1 aromatic carbocycles. The summed E-state index contributed by atoms with van der Waals surface area (Å²) in [6.45, 7) is 4.28. The Morgan fingerprint density at radius 3 is 2.89 bits per heavy atom. The van der Waals surface area contributed by atoms with Crippen molar-refractivity contribution in [1.82, 2.24) is 0 Å². The van der Waals surface area contributed by atoms with Gasteiger partial charge in [0.15, 0.2) is 0 Å². The van der Waals surface area contributed by atoms with Crippen molar-refractivity contribution in [3.05, 3.63) is 28.8 Å². The summed E-state index contributed by atoms with van der Waals surface area (Å²) in [5.74, 6) is 0. The van der Waals surface area contributed by atoms with Gasteiger partial charge in [0.05, 0.1) is 18.2 Å². The van der Waals surface area contributed by atoms with E-state index in [4.69, 9.17) is 10.00 Å². The smallest absolute Gasteiger partial charge is 0.116 e. The molecule has 3 nitrogen and oxygen atoms in total. The van der Waals surface area contributed by atoms with Gasteiger partial charge in [0.2, 0.25) is 0 Å². The van der Waals surface area contributed by atoms with Crippen LogP contribution in [0, 0.1) is 11.3 Å². The van der Waals surface area contributed by atoms with Gasteiger partial charge < -0.3 is 9.64 Å². The van der Waals surface area contributed by atoms with Crippen LogP contribution in [0.5, 0.6) is 0 Å². The van der Waals surface area contributed by atoms with E-state index in [1.54, 1.807) is 13.2 Å². The monoisotopic (exact) mass is 262 g/mol. The standard InChI is InChI=1S/C15H19FN2O/c1-10-6-13-14(7-16)12(8-17)4-5-15(13)18(10)11(2)9-19-3/h4-5,10-11H,6-7,9H2,1-3H3/t10?,11-/m1/s1. The third-order valence-corrected chi connectivity index (χ3v) is 3.80. The molecule has 2 atom stereocenters. The molecule has 0 saturated carbocycles. The van der Waals surface area contributed by atoms with Crippen molar-refractivity contribution in [2.45, 2.75) is 39.0 Å². The van der Waals surface area contributed by atoms with E-state index >= 15 is 0 Å². The number of methoxy groups -OCH3 is 1. The normalized spacial score (nSPS) is 19.1. The number of nitriles is 1. The summed E-state index contributed by atoms with van der Waals surface area (Å²) in [4.78, 5) is 2.26. The van der Waals surface area contributed by atoms with Crippen LogP contribution in [-0.4, -0.2) is 25.8 Å². The first-order valence-corrected chi connectivity index (χ1v) is 6.52. The number of anilines is 1. The van der Waals surface area contributed by atoms with E-state index in [0.29, 0.717) is 23.8 Å². The second-order valence-corrected chi connectivity index (χ2v) is 5.10. The number of nitrogens with zero attached hydrogens (tertiary/aromatic N) is 2. The highest BCUT2D eigenvalue weighted by Crippen LogP contribution is 2.37. The van der Waals surface area contributed by atoms with Gasteiger partial charge >= 0.3 is 0 Å². The van der Waals surface area contributed by atoms with Crippen LogP contribution in [0.2, 0.25) is 0 Å². The first-order chi connectivity index (χ1) is 9.13.